The van der Waals surface area contributed by atoms with Crippen LogP contribution in [0.1, 0.15) is 33.9 Å². The van der Waals surface area contributed by atoms with Crippen molar-refractivity contribution >= 4 is 17.0 Å². The molecule has 0 radical (unpaired) electrons. The van der Waals surface area contributed by atoms with Gasteiger partial charge in [-0.3, -0.25) is 0 Å². The lowest BCUT2D eigenvalue weighted by molar-refractivity contribution is 0.469. The summed E-state index contributed by atoms with van der Waals surface area (Å²) in [7, 11) is 0. The Kier molecular flexibility index (Phi) is 4.40. The van der Waals surface area contributed by atoms with E-state index in [0.29, 0.717) is 12.0 Å². The van der Waals surface area contributed by atoms with Crippen molar-refractivity contribution in [2.24, 2.45) is 5.10 Å². The van der Waals surface area contributed by atoms with Gasteiger partial charge in [-0.25, -0.2) is 4.68 Å². The number of hydrogen-bond acceptors (Lipinski definition) is 4. The highest BCUT2D eigenvalue weighted by molar-refractivity contribution is 5.92. The van der Waals surface area contributed by atoms with Crippen LogP contribution in [0.15, 0.2) is 36.0 Å². The molecule has 0 spiro atoms. The highest BCUT2D eigenvalue weighted by atomic mass is 16.3. The highest BCUT2D eigenvalue weighted by Gasteiger charge is 2.16. The number of benzene rings is 1. The molecule has 0 fully saturated rings. The van der Waals surface area contributed by atoms with Gasteiger partial charge < -0.3 is 5.11 Å². The summed E-state index contributed by atoms with van der Waals surface area (Å²) < 4.78 is 1.88. The van der Waals surface area contributed by atoms with E-state index in [-0.39, 0.29) is 5.75 Å². The van der Waals surface area contributed by atoms with E-state index in [1.165, 1.54) is 0 Å². The van der Waals surface area contributed by atoms with Crippen molar-refractivity contribution in [2.75, 3.05) is 0 Å². The van der Waals surface area contributed by atoms with E-state index in [1.807, 2.05) is 50.6 Å². The summed E-state index contributed by atoms with van der Waals surface area (Å²) in [5.41, 5.74) is 5.34. The number of allylic oxidation sites excluding steroid dienone is 1. The highest BCUT2D eigenvalue weighted by Crippen LogP contribution is 2.29. The van der Waals surface area contributed by atoms with Gasteiger partial charge in [0.25, 0.3) is 0 Å². The molecule has 2 aromatic heterocycles. The van der Waals surface area contributed by atoms with Gasteiger partial charge in [-0.2, -0.15) is 15.3 Å². The van der Waals surface area contributed by atoms with E-state index in [1.54, 1.807) is 12.3 Å². The number of hydrogen-bond donors (Lipinski definition) is 1. The molecule has 0 atom stereocenters. The Morgan fingerprint density at radius 1 is 1.08 bits per heavy atom. The molecule has 0 aliphatic carbocycles. The number of phenols is 1. The monoisotopic (exact) mass is 334 g/mol. The van der Waals surface area contributed by atoms with Gasteiger partial charge in [0.05, 0.1) is 17.6 Å². The van der Waals surface area contributed by atoms with E-state index >= 15 is 0 Å². The topological polar surface area (TPSA) is 63.3 Å². The minimum atomic E-state index is 0.244. The fraction of sp³-hybridized carbons (Fsp3) is 0.250. The number of para-hydroxylation sites is 1. The molecule has 1 aromatic carbocycles. The van der Waals surface area contributed by atoms with Crippen molar-refractivity contribution < 1.29 is 5.11 Å². The molecule has 25 heavy (non-hydrogen) atoms. The van der Waals surface area contributed by atoms with E-state index in [4.69, 9.17) is 0 Å². The van der Waals surface area contributed by atoms with E-state index in [0.717, 1.165) is 39.1 Å². The molecule has 0 aliphatic rings. The molecule has 0 amide bonds. The Morgan fingerprint density at radius 3 is 2.24 bits per heavy atom. The summed E-state index contributed by atoms with van der Waals surface area (Å²) in [6, 6.07) is 5.64. The number of fused-ring (bicyclic) bond motifs is 1. The third-order valence-corrected chi connectivity index (χ3v) is 4.51. The quantitative estimate of drug-likeness (QED) is 0.580. The van der Waals surface area contributed by atoms with Crippen LogP contribution in [0, 0.1) is 27.7 Å². The molecule has 128 valence electrons. The summed E-state index contributed by atoms with van der Waals surface area (Å²) in [6.07, 6.45) is 4.08. The lowest BCUT2D eigenvalue weighted by atomic mass is 10.1. The first-order chi connectivity index (χ1) is 12.0. The van der Waals surface area contributed by atoms with Crippen LogP contribution in [0.25, 0.3) is 10.8 Å². The first-order valence-corrected chi connectivity index (χ1v) is 8.23. The second-order valence-electron chi connectivity index (χ2n) is 6.20. The minimum Gasteiger partial charge on any atom is -0.507 e. The minimum absolute atomic E-state index is 0.244. The molecule has 3 rings (SSSR count). The largest absolute Gasteiger partial charge is 0.507 e. The second kappa shape index (κ2) is 6.51. The fourth-order valence-electron chi connectivity index (χ4n) is 3.29. The molecular weight excluding hydrogens is 312 g/mol. The summed E-state index contributed by atoms with van der Waals surface area (Å²) in [5, 5.41) is 25.6. The van der Waals surface area contributed by atoms with Crippen molar-refractivity contribution in [1.29, 1.82) is 0 Å². The Labute approximate surface area is 147 Å². The molecule has 0 bridgehead atoms. The SMILES string of the molecule is C=CCc1cccc(C=Nn2c(C)c3c(C)nnc(C)c3c2C)c1O. The molecule has 5 nitrogen and oxygen atoms in total. The van der Waals surface area contributed by atoms with E-state index < -0.39 is 0 Å². The number of rotatable bonds is 4. The van der Waals surface area contributed by atoms with Crippen LogP contribution in [0.4, 0.5) is 0 Å². The van der Waals surface area contributed by atoms with Crippen LogP contribution >= 0.6 is 0 Å². The zero-order chi connectivity index (χ0) is 18.1. The Bertz CT molecular complexity index is 954. The van der Waals surface area contributed by atoms with Gasteiger partial charge in [-0.15, -0.1) is 6.58 Å². The normalized spacial score (nSPS) is 11.5. The maximum Gasteiger partial charge on any atom is 0.127 e. The molecule has 0 saturated heterocycles. The fourth-order valence-corrected chi connectivity index (χ4v) is 3.29. The third-order valence-electron chi connectivity index (χ3n) is 4.51. The summed E-state index contributed by atoms with van der Waals surface area (Å²) in [5.74, 6) is 0.244. The lowest BCUT2D eigenvalue weighted by Gasteiger charge is -2.06. The first-order valence-electron chi connectivity index (χ1n) is 8.23. The van der Waals surface area contributed by atoms with Crippen molar-refractivity contribution in [3.8, 4) is 5.75 Å². The third kappa shape index (κ3) is 2.82. The zero-order valence-electron chi connectivity index (χ0n) is 15.0. The smallest absolute Gasteiger partial charge is 0.127 e. The molecule has 5 heteroatoms. The number of phenolic OH excluding ortho intramolecular Hbond substituents is 1. The maximum absolute atomic E-state index is 10.4. The predicted octanol–water partition coefficient (Wildman–Crippen LogP) is 3.98. The van der Waals surface area contributed by atoms with Gasteiger partial charge in [0.15, 0.2) is 0 Å². The number of nitrogens with zero attached hydrogens (tertiary/aromatic N) is 4. The Hall–Kier alpha value is -2.95. The summed E-state index contributed by atoms with van der Waals surface area (Å²) in [4.78, 5) is 0. The maximum atomic E-state index is 10.4. The Balaban J connectivity index is 2.12. The zero-order valence-corrected chi connectivity index (χ0v) is 15.0. The van der Waals surface area contributed by atoms with Crippen molar-refractivity contribution in [1.82, 2.24) is 14.9 Å². The predicted molar refractivity (Wildman–Crippen MR) is 101 cm³/mol. The number of aromatic nitrogens is 3. The van der Waals surface area contributed by atoms with E-state index in [9.17, 15) is 5.11 Å². The van der Waals surface area contributed by atoms with E-state index in [2.05, 4.69) is 21.9 Å². The van der Waals surface area contributed by atoms with Crippen LogP contribution < -0.4 is 0 Å². The number of aryl methyl sites for hydroxylation is 4. The standard InChI is InChI=1S/C20H22N4O/c1-6-8-16-9-7-10-17(20(16)25)11-21-24-14(4)18-12(2)22-23-13(3)19(18)15(24)5/h6-7,9-11,25H,1,8H2,2-5H3. The van der Waals surface area contributed by atoms with Crippen LogP contribution in [0.5, 0.6) is 5.75 Å². The molecule has 0 unspecified atom stereocenters. The summed E-state index contributed by atoms with van der Waals surface area (Å²) >= 11 is 0. The van der Waals surface area contributed by atoms with Gasteiger partial charge >= 0.3 is 0 Å². The van der Waals surface area contributed by atoms with Gasteiger partial charge in [0.2, 0.25) is 0 Å². The van der Waals surface area contributed by atoms with Crippen LogP contribution in [-0.2, 0) is 6.42 Å². The molecular formula is C20H22N4O. The van der Waals surface area contributed by atoms with Gasteiger partial charge in [-0.05, 0) is 45.7 Å². The molecule has 3 aromatic rings. The average Bonchev–Trinajstić information content (AvgIpc) is 2.84. The van der Waals surface area contributed by atoms with Crippen molar-refractivity contribution in [2.45, 2.75) is 34.1 Å². The number of aromatic hydroxyl groups is 1. The average molecular weight is 334 g/mol. The molecule has 1 N–H and O–H groups in total. The summed E-state index contributed by atoms with van der Waals surface area (Å²) in [6.45, 7) is 11.7. The molecule has 2 heterocycles. The molecule has 0 aliphatic heterocycles. The molecule has 0 saturated carbocycles. The van der Waals surface area contributed by atoms with Crippen molar-refractivity contribution in [3.05, 3.63) is 64.8 Å². The first kappa shape index (κ1) is 16.9. The van der Waals surface area contributed by atoms with Crippen molar-refractivity contribution in [3.63, 3.8) is 0 Å². The van der Waals surface area contributed by atoms with Gasteiger partial charge in [0, 0.05) is 27.7 Å². The Morgan fingerprint density at radius 2 is 1.68 bits per heavy atom. The van der Waals surface area contributed by atoms with Gasteiger partial charge in [0.1, 0.15) is 5.75 Å². The van der Waals surface area contributed by atoms with Crippen LogP contribution in [0.2, 0.25) is 0 Å². The second-order valence-corrected chi connectivity index (χ2v) is 6.20. The van der Waals surface area contributed by atoms with Crippen LogP contribution in [-0.4, -0.2) is 26.2 Å². The van der Waals surface area contributed by atoms with Gasteiger partial charge in [-0.1, -0.05) is 18.2 Å². The lowest BCUT2D eigenvalue weighted by Crippen LogP contribution is -1.97. The van der Waals surface area contributed by atoms with Crippen LogP contribution in [0.3, 0.4) is 0 Å².